The number of fused-ring (bicyclic) bond motifs is 1. The second kappa shape index (κ2) is 9.88. The van der Waals surface area contributed by atoms with Crippen LogP contribution in [0.15, 0.2) is 36.4 Å². The van der Waals surface area contributed by atoms with Crippen LogP contribution in [0.25, 0.3) is 10.9 Å². The first-order valence-electron chi connectivity index (χ1n) is 10.6. The van der Waals surface area contributed by atoms with Crippen molar-refractivity contribution in [3.05, 3.63) is 47.8 Å². The first-order valence-corrected chi connectivity index (χ1v) is 10.6. The van der Waals surface area contributed by atoms with Crippen LogP contribution in [-0.2, 0) is 9.47 Å². The van der Waals surface area contributed by atoms with Gasteiger partial charge in [0.05, 0.1) is 25.3 Å². The van der Waals surface area contributed by atoms with Gasteiger partial charge in [-0.2, -0.15) is 4.98 Å². The van der Waals surface area contributed by atoms with Gasteiger partial charge in [0, 0.05) is 56.6 Å². The Hall–Kier alpha value is -3.30. The molecular formula is C23H28N6O3. The Morgan fingerprint density at radius 1 is 1.16 bits per heavy atom. The summed E-state index contributed by atoms with van der Waals surface area (Å²) in [5.74, 6) is 0.906. The normalized spacial score (nSPS) is 13.9. The molecule has 3 heterocycles. The van der Waals surface area contributed by atoms with Gasteiger partial charge < -0.3 is 24.6 Å². The average molecular weight is 437 g/mol. The highest BCUT2D eigenvalue weighted by Crippen LogP contribution is 2.21. The van der Waals surface area contributed by atoms with Crippen LogP contribution in [0.3, 0.4) is 0 Å². The summed E-state index contributed by atoms with van der Waals surface area (Å²) in [7, 11) is 3.58. The van der Waals surface area contributed by atoms with Crippen molar-refractivity contribution in [2.24, 2.45) is 0 Å². The first kappa shape index (κ1) is 21.9. The fourth-order valence-electron chi connectivity index (χ4n) is 3.48. The number of aromatic nitrogens is 3. The van der Waals surface area contributed by atoms with E-state index in [1.807, 2.05) is 54.1 Å². The number of benzene rings is 1. The van der Waals surface area contributed by atoms with E-state index in [1.165, 1.54) is 0 Å². The first-order chi connectivity index (χ1) is 15.5. The summed E-state index contributed by atoms with van der Waals surface area (Å²) in [6.07, 6.45) is 0. The van der Waals surface area contributed by atoms with Gasteiger partial charge in [-0.15, -0.1) is 0 Å². The van der Waals surface area contributed by atoms with Gasteiger partial charge in [0.1, 0.15) is 11.5 Å². The zero-order chi connectivity index (χ0) is 22.5. The lowest BCUT2D eigenvalue weighted by Gasteiger charge is -2.28. The van der Waals surface area contributed by atoms with Crippen molar-refractivity contribution in [1.82, 2.24) is 15.0 Å². The van der Waals surface area contributed by atoms with E-state index < -0.39 is 0 Å². The molecule has 0 bridgehead atoms. The molecule has 9 heteroatoms. The Kier molecular flexibility index (Phi) is 6.77. The van der Waals surface area contributed by atoms with E-state index in [1.54, 1.807) is 13.2 Å². The number of anilines is 3. The molecule has 0 atom stereocenters. The zero-order valence-corrected chi connectivity index (χ0v) is 18.7. The van der Waals surface area contributed by atoms with E-state index in [9.17, 15) is 4.79 Å². The number of morpholine rings is 1. The summed E-state index contributed by atoms with van der Waals surface area (Å²) in [6, 6.07) is 11.3. The number of nitrogens with zero attached hydrogens (tertiary/aromatic N) is 5. The lowest BCUT2D eigenvalue weighted by Crippen LogP contribution is -2.38. The largest absolute Gasteiger partial charge is 0.383 e. The molecule has 32 heavy (non-hydrogen) atoms. The van der Waals surface area contributed by atoms with Crippen LogP contribution in [0.2, 0.25) is 0 Å². The lowest BCUT2D eigenvalue weighted by molar-refractivity contribution is 0.102. The molecule has 1 amide bonds. The highest BCUT2D eigenvalue weighted by molar-refractivity contribution is 6.04. The number of carbonyl (C=O) groups excluding carboxylic acids is 1. The zero-order valence-electron chi connectivity index (χ0n) is 18.7. The minimum absolute atomic E-state index is 0.289. The third kappa shape index (κ3) is 5.12. The topological polar surface area (TPSA) is 92.7 Å². The fourth-order valence-corrected chi connectivity index (χ4v) is 3.48. The molecule has 1 N–H and O–H groups in total. The van der Waals surface area contributed by atoms with E-state index in [-0.39, 0.29) is 5.91 Å². The molecule has 1 aliphatic heterocycles. The predicted molar refractivity (Wildman–Crippen MR) is 125 cm³/mol. The molecule has 1 saturated heterocycles. The van der Waals surface area contributed by atoms with E-state index in [0.29, 0.717) is 62.6 Å². The number of carbonyl (C=O) groups is 1. The Labute approximate surface area is 187 Å². The number of ether oxygens (including phenoxy) is 2. The van der Waals surface area contributed by atoms with Crippen LogP contribution in [-0.4, -0.2) is 74.5 Å². The smallest absolute Gasteiger partial charge is 0.274 e. The van der Waals surface area contributed by atoms with Gasteiger partial charge in [-0.1, -0.05) is 6.07 Å². The molecule has 1 aliphatic rings. The summed E-state index contributed by atoms with van der Waals surface area (Å²) in [5, 5.41) is 3.92. The van der Waals surface area contributed by atoms with Gasteiger partial charge in [0.25, 0.3) is 5.91 Å². The van der Waals surface area contributed by atoms with Gasteiger partial charge >= 0.3 is 0 Å². The number of hydrogen-bond donors (Lipinski definition) is 1. The van der Waals surface area contributed by atoms with Crippen molar-refractivity contribution >= 4 is 34.3 Å². The summed E-state index contributed by atoms with van der Waals surface area (Å²) < 4.78 is 10.6. The standard InChI is InChI=1S/C23H28N6O3/c1-16-4-5-17-14-18(6-7-19(17)24-16)25-22(30)20-15-21(28(2)8-11-31-3)27-23(26-20)29-9-12-32-13-10-29/h4-7,14-15H,8-13H2,1-3H3,(H,25,30). The third-order valence-electron chi connectivity index (χ3n) is 5.34. The van der Waals surface area contributed by atoms with Gasteiger partial charge in [0.15, 0.2) is 0 Å². The molecule has 0 spiro atoms. The van der Waals surface area contributed by atoms with Crippen molar-refractivity contribution in [1.29, 1.82) is 0 Å². The van der Waals surface area contributed by atoms with Crippen LogP contribution < -0.4 is 15.1 Å². The van der Waals surface area contributed by atoms with Crippen molar-refractivity contribution in [3.8, 4) is 0 Å². The minimum atomic E-state index is -0.289. The fraction of sp³-hybridized carbons (Fsp3) is 0.391. The van der Waals surface area contributed by atoms with Crippen molar-refractivity contribution in [3.63, 3.8) is 0 Å². The monoisotopic (exact) mass is 436 g/mol. The van der Waals surface area contributed by atoms with E-state index in [2.05, 4.69) is 20.3 Å². The van der Waals surface area contributed by atoms with Gasteiger partial charge in [-0.3, -0.25) is 9.78 Å². The molecule has 2 aromatic heterocycles. The molecule has 1 fully saturated rings. The van der Waals surface area contributed by atoms with Gasteiger partial charge in [0.2, 0.25) is 5.95 Å². The maximum atomic E-state index is 13.1. The molecular weight excluding hydrogens is 408 g/mol. The molecule has 0 aliphatic carbocycles. The predicted octanol–water partition coefficient (Wildman–Crippen LogP) is 2.50. The van der Waals surface area contributed by atoms with Gasteiger partial charge in [-0.25, -0.2) is 4.98 Å². The number of aryl methyl sites for hydroxylation is 1. The molecule has 0 unspecified atom stereocenters. The highest BCUT2D eigenvalue weighted by Gasteiger charge is 2.20. The van der Waals surface area contributed by atoms with Crippen LogP contribution in [0.5, 0.6) is 0 Å². The second-order valence-electron chi connectivity index (χ2n) is 7.74. The van der Waals surface area contributed by atoms with Crippen molar-refractivity contribution in [2.75, 3.05) is 68.7 Å². The van der Waals surface area contributed by atoms with E-state index >= 15 is 0 Å². The van der Waals surface area contributed by atoms with Crippen LogP contribution >= 0.6 is 0 Å². The summed E-state index contributed by atoms with van der Waals surface area (Å²) in [5.41, 5.74) is 2.84. The Bertz CT molecular complexity index is 1100. The summed E-state index contributed by atoms with van der Waals surface area (Å²) in [6.45, 7) is 5.75. The van der Waals surface area contributed by atoms with Crippen LogP contribution in [0, 0.1) is 6.92 Å². The number of likely N-dealkylation sites (N-methyl/N-ethyl adjacent to an activating group) is 1. The summed E-state index contributed by atoms with van der Waals surface area (Å²) >= 11 is 0. The van der Waals surface area contributed by atoms with E-state index in [0.717, 1.165) is 16.6 Å². The quantitative estimate of drug-likeness (QED) is 0.604. The van der Waals surface area contributed by atoms with Gasteiger partial charge in [-0.05, 0) is 31.2 Å². The molecule has 9 nitrogen and oxygen atoms in total. The Morgan fingerprint density at radius 2 is 1.97 bits per heavy atom. The van der Waals surface area contributed by atoms with Crippen LogP contribution in [0.4, 0.5) is 17.5 Å². The second-order valence-corrected chi connectivity index (χ2v) is 7.74. The number of rotatable bonds is 7. The number of methoxy groups -OCH3 is 1. The maximum absolute atomic E-state index is 13.1. The van der Waals surface area contributed by atoms with Crippen molar-refractivity contribution < 1.29 is 14.3 Å². The number of pyridine rings is 1. The third-order valence-corrected chi connectivity index (χ3v) is 5.34. The Morgan fingerprint density at radius 3 is 2.75 bits per heavy atom. The van der Waals surface area contributed by atoms with Crippen LogP contribution in [0.1, 0.15) is 16.2 Å². The molecule has 3 aromatic rings. The molecule has 0 saturated carbocycles. The molecule has 4 rings (SSSR count). The number of amides is 1. The summed E-state index contributed by atoms with van der Waals surface area (Å²) in [4.78, 5) is 30.9. The maximum Gasteiger partial charge on any atom is 0.274 e. The minimum Gasteiger partial charge on any atom is -0.383 e. The highest BCUT2D eigenvalue weighted by atomic mass is 16.5. The molecule has 168 valence electrons. The molecule has 1 aromatic carbocycles. The number of nitrogens with one attached hydrogen (secondary N) is 1. The average Bonchev–Trinajstić information content (AvgIpc) is 2.82. The van der Waals surface area contributed by atoms with Crippen molar-refractivity contribution in [2.45, 2.75) is 6.92 Å². The Balaban J connectivity index is 1.61. The SMILES string of the molecule is COCCN(C)c1cc(C(=O)Nc2ccc3nc(C)ccc3c2)nc(N2CCOCC2)n1. The number of hydrogen-bond acceptors (Lipinski definition) is 8. The lowest BCUT2D eigenvalue weighted by atomic mass is 10.2. The molecule has 0 radical (unpaired) electrons. The van der Waals surface area contributed by atoms with E-state index in [4.69, 9.17) is 9.47 Å².